The summed E-state index contributed by atoms with van der Waals surface area (Å²) in [6, 6.07) is 1.54. The molecule has 0 bridgehead atoms. The van der Waals surface area contributed by atoms with E-state index in [4.69, 9.17) is 0 Å². The van der Waals surface area contributed by atoms with Gasteiger partial charge in [-0.25, -0.2) is 0 Å². The van der Waals surface area contributed by atoms with Crippen molar-refractivity contribution in [3.05, 3.63) is 0 Å². The normalized spacial score (nSPS) is 33.0. The minimum Gasteiger partial charge on any atom is -0.303 e. The van der Waals surface area contributed by atoms with Crippen molar-refractivity contribution in [1.82, 2.24) is 9.80 Å². The van der Waals surface area contributed by atoms with Crippen LogP contribution in [0, 0.1) is 5.41 Å². The van der Waals surface area contributed by atoms with E-state index in [0.717, 1.165) is 12.1 Å². The Morgan fingerprint density at radius 2 is 1.80 bits per heavy atom. The van der Waals surface area contributed by atoms with Gasteiger partial charge in [0, 0.05) is 18.6 Å². The minimum atomic E-state index is 0.666. The van der Waals surface area contributed by atoms with Crippen LogP contribution >= 0.6 is 0 Å². The van der Waals surface area contributed by atoms with E-state index in [2.05, 4.69) is 37.6 Å². The van der Waals surface area contributed by atoms with Gasteiger partial charge in [0.25, 0.3) is 0 Å². The second-order valence-corrected chi connectivity index (χ2v) is 6.10. The van der Waals surface area contributed by atoms with Gasteiger partial charge in [-0.1, -0.05) is 0 Å². The Morgan fingerprint density at radius 3 is 2.20 bits per heavy atom. The fourth-order valence-corrected chi connectivity index (χ4v) is 3.41. The van der Waals surface area contributed by atoms with Crippen LogP contribution in [0.5, 0.6) is 0 Å². The molecule has 0 aromatic heterocycles. The molecule has 0 N–H and O–H groups in total. The lowest BCUT2D eigenvalue weighted by molar-refractivity contribution is 0.0890. The first-order valence-corrected chi connectivity index (χ1v) is 6.47. The van der Waals surface area contributed by atoms with Crippen LogP contribution in [0.2, 0.25) is 0 Å². The molecule has 2 heteroatoms. The van der Waals surface area contributed by atoms with Crippen LogP contribution in [0.4, 0.5) is 0 Å². The summed E-state index contributed by atoms with van der Waals surface area (Å²) < 4.78 is 0. The van der Waals surface area contributed by atoms with Crippen LogP contribution in [0.15, 0.2) is 0 Å². The van der Waals surface area contributed by atoms with Gasteiger partial charge < -0.3 is 9.80 Å². The fraction of sp³-hybridized carbons (Fsp3) is 1.00. The lowest BCUT2D eigenvalue weighted by Crippen LogP contribution is -2.44. The van der Waals surface area contributed by atoms with Gasteiger partial charge in [0.1, 0.15) is 0 Å². The molecule has 2 fully saturated rings. The summed E-state index contributed by atoms with van der Waals surface area (Å²) in [6.45, 7) is 11.0. The molecule has 0 aromatic carbocycles. The van der Waals surface area contributed by atoms with Gasteiger partial charge in [-0.3, -0.25) is 0 Å². The number of hydrogen-bond donors (Lipinski definition) is 0. The van der Waals surface area contributed by atoms with Gasteiger partial charge >= 0.3 is 0 Å². The monoisotopic (exact) mass is 210 g/mol. The Labute approximate surface area is 94.6 Å². The molecule has 0 unspecified atom stereocenters. The van der Waals surface area contributed by atoms with Crippen molar-refractivity contribution in [2.45, 2.75) is 52.1 Å². The van der Waals surface area contributed by atoms with Crippen LogP contribution in [0.1, 0.15) is 40.0 Å². The predicted molar refractivity (Wildman–Crippen MR) is 65.1 cm³/mol. The molecule has 15 heavy (non-hydrogen) atoms. The highest BCUT2D eigenvalue weighted by atomic mass is 15.2. The summed E-state index contributed by atoms with van der Waals surface area (Å²) in [7, 11) is 2.29. The number of rotatable bonds is 1. The highest BCUT2D eigenvalue weighted by Crippen LogP contribution is 2.42. The fourth-order valence-electron chi connectivity index (χ4n) is 3.41. The Balaban J connectivity index is 1.93. The molecule has 0 amide bonds. The molecule has 2 aliphatic heterocycles. The standard InChI is InChI=1S/C13H26N2/c1-11(2)15-7-5-13(6-8-15)9-12(3)14(4)10-13/h11-12H,5-10H2,1-4H3/t12-/m0/s1. The van der Waals surface area contributed by atoms with Crippen LogP contribution in [0.3, 0.4) is 0 Å². The van der Waals surface area contributed by atoms with Crippen molar-refractivity contribution in [2.75, 3.05) is 26.7 Å². The van der Waals surface area contributed by atoms with Crippen molar-refractivity contribution in [1.29, 1.82) is 0 Å². The quantitative estimate of drug-likeness (QED) is 0.654. The largest absolute Gasteiger partial charge is 0.303 e. The molecule has 2 saturated heterocycles. The molecule has 88 valence electrons. The summed E-state index contributed by atoms with van der Waals surface area (Å²) in [4.78, 5) is 5.18. The summed E-state index contributed by atoms with van der Waals surface area (Å²) >= 11 is 0. The van der Waals surface area contributed by atoms with E-state index in [0.29, 0.717) is 5.41 Å². The van der Waals surface area contributed by atoms with Crippen molar-refractivity contribution in [2.24, 2.45) is 5.41 Å². The number of piperidine rings is 1. The first-order chi connectivity index (χ1) is 7.02. The van der Waals surface area contributed by atoms with E-state index in [-0.39, 0.29) is 0 Å². The van der Waals surface area contributed by atoms with Gasteiger partial charge in [-0.2, -0.15) is 0 Å². The minimum absolute atomic E-state index is 0.666. The van der Waals surface area contributed by atoms with Crippen LogP contribution in [0.25, 0.3) is 0 Å². The maximum Gasteiger partial charge on any atom is 0.00698 e. The molecule has 2 rings (SSSR count). The van der Waals surface area contributed by atoms with E-state index in [1.165, 1.54) is 38.9 Å². The van der Waals surface area contributed by atoms with Gasteiger partial charge in [-0.15, -0.1) is 0 Å². The van der Waals surface area contributed by atoms with E-state index >= 15 is 0 Å². The van der Waals surface area contributed by atoms with Gasteiger partial charge in [0.2, 0.25) is 0 Å². The molecule has 0 saturated carbocycles. The van der Waals surface area contributed by atoms with E-state index in [1.807, 2.05) is 0 Å². The summed E-state index contributed by atoms with van der Waals surface area (Å²) in [5, 5.41) is 0. The molecule has 0 aromatic rings. The van der Waals surface area contributed by atoms with Gasteiger partial charge in [-0.05, 0) is 65.6 Å². The molecule has 2 aliphatic rings. The van der Waals surface area contributed by atoms with Crippen molar-refractivity contribution in [3.8, 4) is 0 Å². The zero-order valence-electron chi connectivity index (χ0n) is 10.8. The smallest absolute Gasteiger partial charge is 0.00698 e. The summed E-state index contributed by atoms with van der Waals surface area (Å²) in [6.07, 6.45) is 4.26. The Bertz CT molecular complexity index is 205. The third kappa shape index (κ3) is 2.21. The molecule has 2 heterocycles. The van der Waals surface area contributed by atoms with Gasteiger partial charge in [0.05, 0.1) is 0 Å². The maximum absolute atomic E-state index is 2.63. The van der Waals surface area contributed by atoms with Crippen molar-refractivity contribution in [3.63, 3.8) is 0 Å². The van der Waals surface area contributed by atoms with Crippen LogP contribution in [-0.2, 0) is 0 Å². The Kier molecular flexibility index (Phi) is 3.09. The highest BCUT2D eigenvalue weighted by molar-refractivity contribution is 4.96. The molecule has 0 radical (unpaired) electrons. The van der Waals surface area contributed by atoms with E-state index in [9.17, 15) is 0 Å². The third-order valence-corrected chi connectivity index (χ3v) is 4.65. The molecule has 1 atom stereocenters. The van der Waals surface area contributed by atoms with Gasteiger partial charge in [0.15, 0.2) is 0 Å². The third-order valence-electron chi connectivity index (χ3n) is 4.65. The number of nitrogens with zero attached hydrogens (tertiary/aromatic N) is 2. The predicted octanol–water partition coefficient (Wildman–Crippen LogP) is 2.20. The average molecular weight is 210 g/mol. The van der Waals surface area contributed by atoms with E-state index < -0.39 is 0 Å². The van der Waals surface area contributed by atoms with Crippen LogP contribution in [-0.4, -0.2) is 48.6 Å². The van der Waals surface area contributed by atoms with Crippen molar-refractivity contribution < 1.29 is 0 Å². The molecular weight excluding hydrogens is 184 g/mol. The molecule has 2 nitrogen and oxygen atoms in total. The first-order valence-electron chi connectivity index (χ1n) is 6.47. The zero-order chi connectivity index (χ0) is 11.1. The summed E-state index contributed by atoms with van der Waals surface area (Å²) in [5.41, 5.74) is 0.666. The van der Waals surface area contributed by atoms with E-state index in [1.54, 1.807) is 0 Å². The summed E-state index contributed by atoms with van der Waals surface area (Å²) in [5.74, 6) is 0. The van der Waals surface area contributed by atoms with Crippen LogP contribution < -0.4 is 0 Å². The van der Waals surface area contributed by atoms with Crippen molar-refractivity contribution >= 4 is 0 Å². The second kappa shape index (κ2) is 4.06. The molecular formula is C13H26N2. The highest BCUT2D eigenvalue weighted by Gasteiger charge is 2.42. The topological polar surface area (TPSA) is 6.48 Å². The SMILES string of the molecule is CC(C)N1CCC2(CC1)C[C@H](C)N(C)C2. The maximum atomic E-state index is 2.63. The first kappa shape index (κ1) is 11.4. The second-order valence-electron chi connectivity index (χ2n) is 6.10. The average Bonchev–Trinajstić information content (AvgIpc) is 2.43. The number of likely N-dealkylation sites (tertiary alicyclic amines) is 2. The zero-order valence-corrected chi connectivity index (χ0v) is 10.8. The lowest BCUT2D eigenvalue weighted by atomic mass is 9.76. The number of hydrogen-bond acceptors (Lipinski definition) is 2. The Morgan fingerprint density at radius 1 is 1.20 bits per heavy atom. The molecule has 0 aliphatic carbocycles. The molecule has 1 spiro atoms. The lowest BCUT2D eigenvalue weighted by Gasteiger charge is -2.41. The Hall–Kier alpha value is -0.0800.